The van der Waals surface area contributed by atoms with Gasteiger partial charge in [-0.2, -0.15) is 0 Å². The van der Waals surface area contributed by atoms with Gasteiger partial charge in [0.1, 0.15) is 0 Å². The van der Waals surface area contributed by atoms with Crippen LogP contribution >= 0.6 is 0 Å². The van der Waals surface area contributed by atoms with Crippen LogP contribution in [0.1, 0.15) is 31.7 Å². The molecule has 0 radical (unpaired) electrons. The Morgan fingerprint density at radius 3 is 2.65 bits per heavy atom. The predicted octanol–water partition coefficient (Wildman–Crippen LogP) is 2.04. The van der Waals surface area contributed by atoms with E-state index in [4.69, 9.17) is 4.74 Å². The third-order valence-electron chi connectivity index (χ3n) is 5.51. The zero-order chi connectivity index (χ0) is 18.4. The van der Waals surface area contributed by atoms with E-state index in [9.17, 15) is 9.59 Å². The van der Waals surface area contributed by atoms with Crippen LogP contribution in [0, 0.1) is 0 Å². The maximum atomic E-state index is 12.7. The summed E-state index contributed by atoms with van der Waals surface area (Å²) in [6, 6.07) is 10.1. The molecule has 6 nitrogen and oxygen atoms in total. The van der Waals surface area contributed by atoms with Crippen LogP contribution in [0.15, 0.2) is 30.3 Å². The summed E-state index contributed by atoms with van der Waals surface area (Å²) in [5.41, 5.74) is 0.925. The summed E-state index contributed by atoms with van der Waals surface area (Å²) < 4.78 is 5.52. The molecule has 0 unspecified atom stereocenters. The number of rotatable bonds is 4. The van der Waals surface area contributed by atoms with Gasteiger partial charge >= 0.3 is 6.03 Å². The Labute approximate surface area is 155 Å². The number of likely N-dealkylation sites (N-methyl/N-ethyl adjacent to an activating group) is 1. The molecule has 2 heterocycles. The van der Waals surface area contributed by atoms with E-state index in [1.54, 1.807) is 0 Å². The summed E-state index contributed by atoms with van der Waals surface area (Å²) >= 11 is 0. The molecule has 1 spiro atoms. The Kier molecular flexibility index (Phi) is 6.14. The quantitative estimate of drug-likeness (QED) is 0.895. The van der Waals surface area contributed by atoms with Gasteiger partial charge in [0.25, 0.3) is 0 Å². The molecule has 0 bridgehead atoms. The number of hydrogen-bond donors (Lipinski definition) is 1. The molecular weight excluding hydrogens is 330 g/mol. The summed E-state index contributed by atoms with van der Waals surface area (Å²) in [6.07, 6.45) is 2.78. The van der Waals surface area contributed by atoms with Crippen molar-refractivity contribution in [2.24, 2.45) is 0 Å². The molecule has 2 fully saturated rings. The fourth-order valence-corrected chi connectivity index (χ4v) is 4.08. The lowest BCUT2D eigenvalue weighted by molar-refractivity contribution is -0.139. The largest absolute Gasteiger partial charge is 0.381 e. The van der Waals surface area contributed by atoms with Gasteiger partial charge in [0.2, 0.25) is 5.91 Å². The lowest BCUT2D eigenvalue weighted by Crippen LogP contribution is -2.59. The molecule has 2 aliphatic heterocycles. The lowest BCUT2D eigenvalue weighted by atomic mass is 9.87. The van der Waals surface area contributed by atoms with Gasteiger partial charge in [-0.25, -0.2) is 4.79 Å². The Hall–Kier alpha value is -2.08. The van der Waals surface area contributed by atoms with Gasteiger partial charge in [-0.3, -0.25) is 4.79 Å². The second-order valence-electron chi connectivity index (χ2n) is 7.11. The third-order valence-corrected chi connectivity index (χ3v) is 5.51. The summed E-state index contributed by atoms with van der Waals surface area (Å²) in [5, 5.41) is 3.02. The van der Waals surface area contributed by atoms with Crippen LogP contribution in [0.4, 0.5) is 4.79 Å². The SMILES string of the molecule is CCN1C(=O)CCN(C(=O)NCCc2ccccc2)CC12CCOCC2. The highest BCUT2D eigenvalue weighted by atomic mass is 16.5. The second kappa shape index (κ2) is 8.54. The van der Waals surface area contributed by atoms with Crippen LogP contribution in [0.5, 0.6) is 0 Å². The minimum absolute atomic E-state index is 0.0717. The molecule has 26 heavy (non-hydrogen) atoms. The van der Waals surface area contributed by atoms with Crippen molar-refractivity contribution in [3.8, 4) is 0 Å². The van der Waals surface area contributed by atoms with Gasteiger partial charge in [-0.05, 0) is 31.7 Å². The summed E-state index contributed by atoms with van der Waals surface area (Å²) in [7, 11) is 0. The van der Waals surface area contributed by atoms with E-state index in [-0.39, 0.29) is 17.5 Å². The molecular formula is C20H29N3O3. The van der Waals surface area contributed by atoms with Crippen LogP contribution in [0.25, 0.3) is 0 Å². The Morgan fingerprint density at radius 1 is 1.23 bits per heavy atom. The van der Waals surface area contributed by atoms with E-state index in [0.29, 0.717) is 45.8 Å². The molecule has 0 atom stereocenters. The van der Waals surface area contributed by atoms with Crippen LogP contribution in [0.3, 0.4) is 0 Å². The fraction of sp³-hybridized carbons (Fsp3) is 0.600. The number of urea groups is 1. The van der Waals surface area contributed by atoms with E-state index < -0.39 is 0 Å². The van der Waals surface area contributed by atoms with Gasteiger partial charge in [0.05, 0.1) is 5.54 Å². The molecule has 3 rings (SSSR count). The van der Waals surface area contributed by atoms with E-state index in [1.807, 2.05) is 34.9 Å². The van der Waals surface area contributed by atoms with E-state index in [0.717, 1.165) is 19.3 Å². The number of carbonyl (C=O) groups excluding carboxylic acids is 2. The number of nitrogens with one attached hydrogen (secondary N) is 1. The van der Waals surface area contributed by atoms with Crippen LogP contribution < -0.4 is 5.32 Å². The van der Waals surface area contributed by atoms with Gasteiger partial charge < -0.3 is 19.9 Å². The van der Waals surface area contributed by atoms with Crippen molar-refractivity contribution in [2.75, 3.05) is 39.4 Å². The molecule has 3 amide bonds. The van der Waals surface area contributed by atoms with E-state index in [2.05, 4.69) is 17.4 Å². The Balaban J connectivity index is 1.63. The van der Waals surface area contributed by atoms with E-state index in [1.165, 1.54) is 5.56 Å². The first kappa shape index (κ1) is 18.7. The number of ether oxygens (including phenoxy) is 1. The molecule has 2 saturated heterocycles. The van der Waals surface area contributed by atoms with Crippen LogP contribution in [-0.2, 0) is 16.0 Å². The first-order chi connectivity index (χ1) is 12.6. The van der Waals surface area contributed by atoms with Crippen LogP contribution in [-0.4, -0.2) is 66.7 Å². The van der Waals surface area contributed by atoms with E-state index >= 15 is 0 Å². The van der Waals surface area contributed by atoms with Crippen molar-refractivity contribution in [1.82, 2.24) is 15.1 Å². The Bertz CT molecular complexity index is 614. The predicted molar refractivity (Wildman–Crippen MR) is 99.9 cm³/mol. The molecule has 0 aromatic heterocycles. The molecule has 1 aromatic carbocycles. The normalized spacial score (nSPS) is 20.1. The smallest absolute Gasteiger partial charge is 0.317 e. The first-order valence-corrected chi connectivity index (χ1v) is 9.59. The molecule has 1 N–H and O–H groups in total. The molecule has 6 heteroatoms. The summed E-state index contributed by atoms with van der Waals surface area (Å²) in [6.45, 7) is 5.66. The van der Waals surface area contributed by atoms with Gasteiger partial charge in [-0.15, -0.1) is 0 Å². The highest BCUT2D eigenvalue weighted by molar-refractivity contribution is 5.80. The molecule has 2 aliphatic rings. The number of benzene rings is 1. The number of carbonyl (C=O) groups is 2. The van der Waals surface area contributed by atoms with Crippen molar-refractivity contribution in [3.05, 3.63) is 35.9 Å². The van der Waals surface area contributed by atoms with Gasteiger partial charge in [-0.1, -0.05) is 30.3 Å². The molecule has 0 aliphatic carbocycles. The average molecular weight is 359 g/mol. The minimum Gasteiger partial charge on any atom is -0.381 e. The number of nitrogens with zero attached hydrogens (tertiary/aromatic N) is 2. The Morgan fingerprint density at radius 2 is 1.96 bits per heavy atom. The zero-order valence-corrected chi connectivity index (χ0v) is 15.6. The number of amides is 3. The molecule has 1 aromatic rings. The van der Waals surface area contributed by atoms with Crippen LogP contribution in [0.2, 0.25) is 0 Å². The van der Waals surface area contributed by atoms with Gasteiger partial charge in [0, 0.05) is 45.8 Å². The van der Waals surface area contributed by atoms with Crippen molar-refractivity contribution < 1.29 is 14.3 Å². The van der Waals surface area contributed by atoms with Gasteiger partial charge in [0.15, 0.2) is 0 Å². The first-order valence-electron chi connectivity index (χ1n) is 9.59. The molecule has 142 valence electrons. The summed E-state index contributed by atoms with van der Waals surface area (Å²) in [5.74, 6) is 0.147. The standard InChI is InChI=1S/C20H29N3O3/c1-2-23-18(24)9-13-22(16-20(23)10-14-26-15-11-20)19(25)21-12-8-17-6-4-3-5-7-17/h3-7H,2,8-16H2,1H3,(H,21,25). The third kappa shape index (κ3) is 4.18. The zero-order valence-electron chi connectivity index (χ0n) is 15.6. The van der Waals surface area contributed by atoms with Crippen molar-refractivity contribution in [2.45, 2.75) is 38.1 Å². The minimum atomic E-state index is -0.280. The van der Waals surface area contributed by atoms with Crippen molar-refractivity contribution in [1.29, 1.82) is 0 Å². The maximum Gasteiger partial charge on any atom is 0.317 e. The topological polar surface area (TPSA) is 61.9 Å². The second-order valence-corrected chi connectivity index (χ2v) is 7.11. The molecule has 0 saturated carbocycles. The van der Waals surface area contributed by atoms with Crippen molar-refractivity contribution >= 4 is 11.9 Å². The fourth-order valence-electron chi connectivity index (χ4n) is 4.08. The lowest BCUT2D eigenvalue weighted by Gasteiger charge is -2.46. The average Bonchev–Trinajstić information content (AvgIpc) is 2.79. The highest BCUT2D eigenvalue weighted by Gasteiger charge is 2.44. The number of hydrogen-bond acceptors (Lipinski definition) is 3. The van der Waals surface area contributed by atoms with Crippen molar-refractivity contribution in [3.63, 3.8) is 0 Å². The summed E-state index contributed by atoms with van der Waals surface area (Å²) in [4.78, 5) is 29.1. The highest BCUT2D eigenvalue weighted by Crippen LogP contribution is 2.31. The monoisotopic (exact) mass is 359 g/mol. The maximum absolute atomic E-state index is 12.7.